The number of carboxylic acids is 1. The van der Waals surface area contributed by atoms with Gasteiger partial charge in [0.2, 0.25) is 0 Å². The van der Waals surface area contributed by atoms with Crippen molar-refractivity contribution in [3.63, 3.8) is 0 Å². The Kier molecular flexibility index (Phi) is 8.89. The molecule has 1 aromatic heterocycles. The number of ether oxygens (including phenoxy) is 1. The van der Waals surface area contributed by atoms with Crippen molar-refractivity contribution in [3.05, 3.63) is 48.3 Å². The van der Waals surface area contributed by atoms with Crippen LogP contribution in [0.3, 0.4) is 0 Å². The summed E-state index contributed by atoms with van der Waals surface area (Å²) < 4.78 is 75.0. The number of nitrogens with zero attached hydrogens (tertiary/aromatic N) is 3. The molecule has 9 nitrogen and oxygen atoms in total. The fourth-order valence-corrected chi connectivity index (χ4v) is 4.15. The van der Waals surface area contributed by atoms with Crippen molar-refractivity contribution in [2.75, 3.05) is 19.6 Å². The van der Waals surface area contributed by atoms with Crippen molar-refractivity contribution in [2.24, 2.45) is 0 Å². The molecule has 0 spiro atoms. The van der Waals surface area contributed by atoms with E-state index < -0.39 is 18.5 Å². The summed E-state index contributed by atoms with van der Waals surface area (Å²) in [5.74, 6) is -3.00. The highest BCUT2D eigenvalue weighted by Crippen LogP contribution is 2.31. The van der Waals surface area contributed by atoms with Gasteiger partial charge in [0, 0.05) is 50.0 Å². The first-order chi connectivity index (χ1) is 17.3. The number of carboxylic acid groups (broad SMARTS) is 1. The maximum atomic E-state index is 12.7. The molecule has 4 rings (SSSR count). The molecular weight excluding hydrogens is 512 g/mol. The van der Waals surface area contributed by atoms with Crippen LogP contribution in [0.4, 0.5) is 31.1 Å². The first-order valence-electron chi connectivity index (χ1n) is 11.2. The molecule has 2 fully saturated rings. The van der Waals surface area contributed by atoms with Crippen molar-refractivity contribution in [3.8, 4) is 5.75 Å². The van der Waals surface area contributed by atoms with Crippen LogP contribution in [0.15, 0.2) is 42.7 Å². The minimum absolute atomic E-state index is 0.0122. The molecule has 37 heavy (non-hydrogen) atoms. The smallest absolute Gasteiger partial charge is 0.475 e. The number of hydrogen-bond acceptors (Lipinski definition) is 5. The Morgan fingerprint density at radius 3 is 2.54 bits per heavy atom. The maximum absolute atomic E-state index is 12.7. The van der Waals surface area contributed by atoms with Crippen LogP contribution in [0.2, 0.25) is 0 Å². The molecule has 15 heteroatoms. The summed E-state index contributed by atoms with van der Waals surface area (Å²) in [7, 11) is 0. The fraction of sp³-hybridized carbons (Fsp3) is 0.500. The summed E-state index contributed by atoms with van der Waals surface area (Å²) in [5, 5.41) is 17.8. The minimum atomic E-state index is -5.08. The number of hydrogen-bond donors (Lipinski definition) is 3. The third-order valence-corrected chi connectivity index (χ3v) is 5.80. The quantitative estimate of drug-likeness (QED) is 0.505. The molecule has 3 heterocycles. The van der Waals surface area contributed by atoms with Gasteiger partial charge in [-0.3, -0.25) is 4.68 Å². The molecule has 0 radical (unpaired) electrons. The van der Waals surface area contributed by atoms with Gasteiger partial charge in [-0.15, -0.1) is 13.2 Å². The van der Waals surface area contributed by atoms with E-state index in [0.29, 0.717) is 26.1 Å². The SMILES string of the molecule is O=C(N[C@H]1CN[C@H](Cn2cccn2)C1)N1CCC(c2cccc(OC(F)(F)F)c2)C1.O=C(O)C(F)(F)F. The highest BCUT2D eigenvalue weighted by atomic mass is 19.4. The van der Waals surface area contributed by atoms with E-state index in [1.165, 1.54) is 12.1 Å². The van der Waals surface area contributed by atoms with E-state index in [9.17, 15) is 31.1 Å². The highest BCUT2D eigenvalue weighted by Gasteiger charge is 2.38. The second-order valence-electron chi connectivity index (χ2n) is 8.57. The van der Waals surface area contributed by atoms with Crippen molar-refractivity contribution in [2.45, 2.75) is 49.9 Å². The molecule has 2 aliphatic heterocycles. The van der Waals surface area contributed by atoms with Gasteiger partial charge in [0.15, 0.2) is 0 Å². The van der Waals surface area contributed by atoms with Crippen molar-refractivity contribution < 1.29 is 45.8 Å². The van der Waals surface area contributed by atoms with E-state index in [1.54, 1.807) is 23.2 Å². The number of amides is 2. The molecule has 204 valence electrons. The molecule has 0 bridgehead atoms. The van der Waals surface area contributed by atoms with Gasteiger partial charge >= 0.3 is 24.5 Å². The van der Waals surface area contributed by atoms with Crippen LogP contribution in [0.25, 0.3) is 0 Å². The number of aromatic nitrogens is 2. The normalized spacial score (nSPS) is 21.8. The standard InChI is InChI=1S/C20H24F3N5O2.C2HF3O2/c21-20(22,23)30-18-4-1-3-14(9-18)15-5-8-27(12-15)19(29)26-16-10-17(24-11-16)13-28-7-2-6-25-28;3-2(4,5)1(6)7/h1-4,6-7,9,15-17,24H,5,8,10-13H2,(H,26,29);(H,6,7)/t15?,16-,17+;/m1./s1. The van der Waals surface area contributed by atoms with E-state index in [2.05, 4.69) is 20.5 Å². The predicted molar refractivity (Wildman–Crippen MR) is 117 cm³/mol. The van der Waals surface area contributed by atoms with Crippen molar-refractivity contribution in [1.82, 2.24) is 25.3 Å². The number of rotatable bonds is 5. The molecule has 2 saturated heterocycles. The van der Waals surface area contributed by atoms with E-state index in [4.69, 9.17) is 9.90 Å². The molecule has 2 amide bonds. The van der Waals surface area contributed by atoms with Gasteiger partial charge < -0.3 is 25.4 Å². The third kappa shape index (κ3) is 8.84. The number of nitrogens with one attached hydrogen (secondary N) is 2. The first kappa shape index (κ1) is 28.1. The Morgan fingerprint density at radius 2 is 1.92 bits per heavy atom. The number of halogens is 6. The van der Waals surface area contributed by atoms with Crippen LogP contribution in [0.5, 0.6) is 5.75 Å². The van der Waals surface area contributed by atoms with Gasteiger partial charge in [0.1, 0.15) is 5.75 Å². The van der Waals surface area contributed by atoms with Gasteiger partial charge in [-0.05, 0) is 36.6 Å². The van der Waals surface area contributed by atoms with Crippen molar-refractivity contribution >= 4 is 12.0 Å². The molecule has 0 saturated carbocycles. The highest BCUT2D eigenvalue weighted by molar-refractivity contribution is 5.75. The summed E-state index contributed by atoms with van der Waals surface area (Å²) in [5.41, 5.74) is 0.744. The van der Waals surface area contributed by atoms with E-state index in [0.717, 1.165) is 18.5 Å². The number of benzene rings is 1. The lowest BCUT2D eigenvalue weighted by molar-refractivity contribution is -0.274. The maximum Gasteiger partial charge on any atom is 0.573 e. The average molecular weight is 537 g/mol. The van der Waals surface area contributed by atoms with E-state index in [-0.39, 0.29) is 29.8 Å². The lowest BCUT2D eigenvalue weighted by atomic mass is 9.98. The number of alkyl halides is 6. The van der Waals surface area contributed by atoms with Gasteiger partial charge in [0.05, 0.1) is 6.54 Å². The lowest BCUT2D eigenvalue weighted by Crippen LogP contribution is -2.44. The molecule has 3 N–H and O–H groups in total. The Balaban J connectivity index is 0.000000479. The largest absolute Gasteiger partial charge is 0.573 e. The van der Waals surface area contributed by atoms with E-state index in [1.807, 2.05) is 16.9 Å². The topological polar surface area (TPSA) is 109 Å². The predicted octanol–water partition coefficient (Wildman–Crippen LogP) is 3.34. The van der Waals surface area contributed by atoms with E-state index >= 15 is 0 Å². The van der Waals surface area contributed by atoms with Crippen LogP contribution < -0.4 is 15.4 Å². The third-order valence-electron chi connectivity index (χ3n) is 5.80. The van der Waals surface area contributed by atoms with Crippen LogP contribution in [0, 0.1) is 0 Å². The monoisotopic (exact) mass is 537 g/mol. The van der Waals surface area contributed by atoms with Crippen LogP contribution in [0.1, 0.15) is 24.3 Å². The molecule has 1 aromatic carbocycles. The lowest BCUT2D eigenvalue weighted by Gasteiger charge is -2.21. The number of aliphatic carboxylic acids is 1. The van der Waals surface area contributed by atoms with Gasteiger partial charge in [-0.2, -0.15) is 18.3 Å². The molecule has 0 aliphatic carbocycles. The zero-order chi connectivity index (χ0) is 27.2. The summed E-state index contributed by atoms with van der Waals surface area (Å²) in [6.07, 6.45) is -4.63. The van der Waals surface area contributed by atoms with Gasteiger partial charge in [-0.1, -0.05) is 12.1 Å². The Hall–Kier alpha value is -3.49. The molecule has 2 aromatic rings. The van der Waals surface area contributed by atoms with Crippen LogP contribution in [-0.2, 0) is 11.3 Å². The Bertz CT molecular complexity index is 1050. The zero-order valence-corrected chi connectivity index (χ0v) is 19.3. The first-order valence-corrected chi connectivity index (χ1v) is 11.2. The summed E-state index contributed by atoms with van der Waals surface area (Å²) in [6.45, 7) is 2.49. The van der Waals surface area contributed by atoms with Gasteiger partial charge in [-0.25, -0.2) is 9.59 Å². The zero-order valence-electron chi connectivity index (χ0n) is 19.3. The average Bonchev–Trinajstić information content (AvgIpc) is 3.55. The summed E-state index contributed by atoms with van der Waals surface area (Å²) in [4.78, 5) is 23.3. The summed E-state index contributed by atoms with van der Waals surface area (Å²) in [6, 6.07) is 8.04. The van der Waals surface area contributed by atoms with Crippen LogP contribution >= 0.6 is 0 Å². The Labute approximate surface area is 207 Å². The molecule has 2 aliphatic rings. The molecule has 1 unspecified atom stereocenters. The van der Waals surface area contributed by atoms with Gasteiger partial charge in [0.25, 0.3) is 0 Å². The second-order valence-corrected chi connectivity index (χ2v) is 8.57. The molecular formula is C22H25F6N5O4. The fourth-order valence-electron chi connectivity index (χ4n) is 4.15. The minimum Gasteiger partial charge on any atom is -0.475 e. The number of likely N-dealkylation sites (tertiary alicyclic amines) is 1. The number of carbonyl (C=O) groups excluding carboxylic acids is 1. The second kappa shape index (κ2) is 11.7. The Morgan fingerprint density at radius 1 is 1.19 bits per heavy atom. The number of carbonyl (C=O) groups is 2. The summed E-state index contributed by atoms with van der Waals surface area (Å²) >= 11 is 0. The van der Waals surface area contributed by atoms with Crippen molar-refractivity contribution in [1.29, 1.82) is 0 Å². The molecule has 3 atom stereocenters. The van der Waals surface area contributed by atoms with Crippen LogP contribution in [-0.4, -0.2) is 76.0 Å². The number of urea groups is 1.